The van der Waals surface area contributed by atoms with Crippen LogP contribution in [-0.4, -0.2) is 59.8 Å². The number of nitrogens with two attached hydrogens (primary N) is 1. The average Bonchev–Trinajstić information content (AvgIpc) is 3.37. The summed E-state index contributed by atoms with van der Waals surface area (Å²) >= 11 is 0. The molecule has 2 atom stereocenters. The average molecular weight is 465 g/mol. The number of methoxy groups -OCH3 is 1. The Morgan fingerprint density at radius 2 is 2.00 bits per heavy atom. The number of aryl methyl sites for hydroxylation is 1. The number of benzene rings is 1. The minimum Gasteiger partial charge on any atom is -0.494 e. The van der Waals surface area contributed by atoms with Crippen molar-refractivity contribution in [1.82, 2.24) is 29.4 Å². The fourth-order valence-corrected chi connectivity index (χ4v) is 4.90. The minimum absolute atomic E-state index is 0.146. The Labute approximate surface area is 198 Å². The Hall–Kier alpha value is -3.40. The first-order valence-electron chi connectivity index (χ1n) is 11.7. The van der Waals surface area contributed by atoms with Crippen LogP contribution in [0.15, 0.2) is 24.4 Å². The fraction of sp³-hybridized carbons (Fsp3) is 0.500. The second-order valence-electron chi connectivity index (χ2n) is 9.92. The van der Waals surface area contributed by atoms with Crippen LogP contribution in [-0.2, 0) is 6.54 Å². The van der Waals surface area contributed by atoms with Crippen LogP contribution in [0.5, 0.6) is 5.75 Å². The maximum absolute atomic E-state index is 10.2. The number of rotatable bonds is 5. The van der Waals surface area contributed by atoms with Crippen LogP contribution >= 0.6 is 0 Å². The first-order chi connectivity index (χ1) is 16.1. The number of fused-ring (bicyclic) bond motifs is 3. The molecule has 3 aromatic heterocycles. The highest BCUT2D eigenvalue weighted by molar-refractivity contribution is 5.95. The maximum atomic E-state index is 10.2. The number of hydrogen-bond acceptors (Lipinski definition) is 8. The normalized spacial score (nSPS) is 19.3. The lowest BCUT2D eigenvalue weighted by molar-refractivity contribution is 0.0577. The van der Waals surface area contributed by atoms with Gasteiger partial charge in [-0.3, -0.25) is 4.68 Å². The van der Waals surface area contributed by atoms with Gasteiger partial charge in [-0.05, 0) is 52.7 Å². The Balaban J connectivity index is 1.50. The number of nitrogen functional groups attached to an aromatic ring is 1. The van der Waals surface area contributed by atoms with Crippen molar-refractivity contribution in [2.75, 3.05) is 24.3 Å². The maximum Gasteiger partial charge on any atom is 0.223 e. The van der Waals surface area contributed by atoms with Crippen molar-refractivity contribution in [1.29, 1.82) is 0 Å². The molecule has 1 aromatic carbocycles. The van der Waals surface area contributed by atoms with E-state index in [4.69, 9.17) is 20.6 Å². The molecule has 1 fully saturated rings. The van der Waals surface area contributed by atoms with Gasteiger partial charge in [0.25, 0.3) is 0 Å². The number of hydrogen-bond donors (Lipinski definition) is 2. The molecular formula is C24H32N8O2. The van der Waals surface area contributed by atoms with E-state index in [2.05, 4.69) is 21.9 Å². The molecule has 34 heavy (non-hydrogen) atoms. The summed E-state index contributed by atoms with van der Waals surface area (Å²) in [5, 5.41) is 20.5. The third kappa shape index (κ3) is 3.91. The molecule has 1 aliphatic rings. The van der Waals surface area contributed by atoms with E-state index in [1.165, 1.54) is 0 Å². The van der Waals surface area contributed by atoms with E-state index < -0.39 is 5.60 Å². The molecule has 4 aromatic rings. The van der Waals surface area contributed by atoms with Crippen molar-refractivity contribution in [2.24, 2.45) is 0 Å². The smallest absolute Gasteiger partial charge is 0.223 e. The lowest BCUT2D eigenvalue weighted by atomic mass is 9.92. The molecule has 180 valence electrons. The summed E-state index contributed by atoms with van der Waals surface area (Å²) in [6.07, 6.45) is 4.03. The topological polar surface area (TPSA) is 120 Å². The number of aliphatic hydroxyl groups is 1. The van der Waals surface area contributed by atoms with E-state index in [0.717, 1.165) is 42.0 Å². The minimum atomic E-state index is -0.828. The van der Waals surface area contributed by atoms with Crippen LogP contribution in [0.1, 0.15) is 51.0 Å². The van der Waals surface area contributed by atoms with Crippen molar-refractivity contribution < 1.29 is 9.84 Å². The zero-order chi connectivity index (χ0) is 24.2. The summed E-state index contributed by atoms with van der Waals surface area (Å²) < 4.78 is 8.93. The molecule has 0 bridgehead atoms. The lowest BCUT2D eigenvalue weighted by Crippen LogP contribution is -2.41. The van der Waals surface area contributed by atoms with Crippen LogP contribution in [0.4, 0.5) is 11.6 Å². The first-order valence-corrected chi connectivity index (χ1v) is 11.7. The van der Waals surface area contributed by atoms with Crippen LogP contribution < -0.4 is 15.4 Å². The van der Waals surface area contributed by atoms with Gasteiger partial charge in [0.1, 0.15) is 11.3 Å². The summed E-state index contributed by atoms with van der Waals surface area (Å²) in [7, 11) is 1.62. The van der Waals surface area contributed by atoms with Gasteiger partial charge in [-0.1, -0.05) is 6.07 Å². The Morgan fingerprint density at radius 3 is 2.74 bits per heavy atom. The molecule has 10 heteroatoms. The second-order valence-corrected chi connectivity index (χ2v) is 9.92. The molecule has 3 N–H and O–H groups in total. The summed E-state index contributed by atoms with van der Waals surface area (Å²) in [5.74, 6) is 1.86. The molecule has 5 rings (SSSR count). The van der Waals surface area contributed by atoms with Crippen LogP contribution in [0, 0.1) is 6.92 Å². The molecule has 1 saturated heterocycles. The predicted molar refractivity (Wildman–Crippen MR) is 131 cm³/mol. The third-order valence-corrected chi connectivity index (χ3v) is 6.55. The number of piperidine rings is 1. The van der Waals surface area contributed by atoms with Crippen LogP contribution in [0.25, 0.3) is 16.6 Å². The molecule has 0 saturated carbocycles. The van der Waals surface area contributed by atoms with Gasteiger partial charge in [-0.25, -0.2) is 9.97 Å². The molecule has 4 heterocycles. The van der Waals surface area contributed by atoms with E-state index in [1.807, 2.05) is 36.0 Å². The molecule has 0 aliphatic carbocycles. The number of anilines is 2. The van der Waals surface area contributed by atoms with E-state index in [-0.39, 0.29) is 11.9 Å². The van der Waals surface area contributed by atoms with Crippen LogP contribution in [0.2, 0.25) is 0 Å². The highest BCUT2D eigenvalue weighted by Gasteiger charge is 2.31. The van der Waals surface area contributed by atoms with Gasteiger partial charge in [0.15, 0.2) is 11.5 Å². The van der Waals surface area contributed by atoms with E-state index in [9.17, 15) is 5.11 Å². The van der Waals surface area contributed by atoms with E-state index in [0.29, 0.717) is 29.5 Å². The first kappa shape index (κ1) is 22.4. The number of para-hydroxylation sites is 1. The van der Waals surface area contributed by atoms with Crippen LogP contribution in [0.3, 0.4) is 0 Å². The Kier molecular flexibility index (Phi) is 5.35. The zero-order valence-corrected chi connectivity index (χ0v) is 20.4. The van der Waals surface area contributed by atoms with Crippen molar-refractivity contribution in [3.63, 3.8) is 0 Å². The zero-order valence-electron chi connectivity index (χ0n) is 20.4. The predicted octanol–water partition coefficient (Wildman–Crippen LogP) is 2.92. The molecule has 10 nitrogen and oxygen atoms in total. The van der Waals surface area contributed by atoms with Crippen molar-refractivity contribution in [3.8, 4) is 5.75 Å². The molecule has 0 unspecified atom stereocenters. The van der Waals surface area contributed by atoms with Gasteiger partial charge in [0, 0.05) is 30.1 Å². The quantitative estimate of drug-likeness (QED) is 0.463. The Morgan fingerprint density at radius 1 is 1.21 bits per heavy atom. The van der Waals surface area contributed by atoms with Gasteiger partial charge < -0.3 is 20.5 Å². The molecular weight excluding hydrogens is 432 g/mol. The number of ether oxygens (including phenoxy) is 1. The van der Waals surface area contributed by atoms with Gasteiger partial charge in [-0.2, -0.15) is 9.61 Å². The summed E-state index contributed by atoms with van der Waals surface area (Å²) in [6, 6.07) is 6.12. The highest BCUT2D eigenvalue weighted by atomic mass is 16.5. The standard InChI is InChI=1S/C24H32N8O2/c1-14-9-10-16(11-31(14)18-12-30(28-15(18)2)13-24(3,4)33)21-27-22-17-7-6-8-19(34-5)20(17)26-23(25)32(22)29-21/h6-8,12,14,16,33H,9-11,13H2,1-5H3,(H2,25,26)/t14-,16-/m0/s1. The van der Waals surface area contributed by atoms with Gasteiger partial charge >= 0.3 is 0 Å². The van der Waals surface area contributed by atoms with Crippen molar-refractivity contribution >= 4 is 28.2 Å². The third-order valence-electron chi connectivity index (χ3n) is 6.55. The Bertz CT molecular complexity index is 1350. The highest BCUT2D eigenvalue weighted by Crippen LogP contribution is 2.35. The van der Waals surface area contributed by atoms with Gasteiger partial charge in [0.05, 0.1) is 30.6 Å². The monoisotopic (exact) mass is 464 g/mol. The van der Waals surface area contributed by atoms with Crippen molar-refractivity contribution in [2.45, 2.75) is 64.6 Å². The second kappa shape index (κ2) is 8.12. The molecule has 0 spiro atoms. The SMILES string of the molecule is COc1cccc2c1nc(N)n1nc([C@H]3CC[C@H](C)N(c4cn(CC(C)(C)O)nc4C)C3)nc21. The van der Waals surface area contributed by atoms with Gasteiger partial charge in [0.2, 0.25) is 5.95 Å². The summed E-state index contributed by atoms with van der Waals surface area (Å²) in [4.78, 5) is 11.8. The lowest BCUT2D eigenvalue weighted by Gasteiger charge is -2.38. The molecule has 0 amide bonds. The summed E-state index contributed by atoms with van der Waals surface area (Å²) in [6.45, 7) is 9.05. The van der Waals surface area contributed by atoms with Gasteiger partial charge in [-0.15, -0.1) is 5.10 Å². The molecule has 0 radical (unpaired) electrons. The summed E-state index contributed by atoms with van der Waals surface area (Å²) in [5.41, 5.74) is 8.83. The fourth-order valence-electron chi connectivity index (χ4n) is 4.90. The van der Waals surface area contributed by atoms with E-state index >= 15 is 0 Å². The molecule has 1 aliphatic heterocycles. The van der Waals surface area contributed by atoms with Crippen molar-refractivity contribution in [3.05, 3.63) is 35.9 Å². The largest absolute Gasteiger partial charge is 0.494 e. The van der Waals surface area contributed by atoms with E-state index in [1.54, 1.807) is 25.5 Å². The number of nitrogens with zero attached hydrogens (tertiary/aromatic N) is 7. The number of aromatic nitrogens is 6.